The first-order valence-corrected chi connectivity index (χ1v) is 4.86. The lowest BCUT2D eigenvalue weighted by Gasteiger charge is -2.24. The van der Waals surface area contributed by atoms with E-state index in [1.54, 1.807) is 0 Å². The second kappa shape index (κ2) is 4.87. The second-order valence-electron chi connectivity index (χ2n) is 3.38. The van der Waals surface area contributed by atoms with E-state index in [-0.39, 0.29) is 10.4 Å². The molecule has 1 N–H and O–H groups in total. The first-order valence-electron chi connectivity index (χ1n) is 4.07. The third-order valence-electron chi connectivity index (χ3n) is 1.50. The Labute approximate surface area is 83.5 Å². The maximum Gasteiger partial charge on any atom is 0.108 e. The lowest BCUT2D eigenvalue weighted by atomic mass is 10.2. The van der Waals surface area contributed by atoms with Gasteiger partial charge in [-0.15, -0.1) is 0 Å². The molecule has 0 aromatic rings. The molecule has 0 aromatic carbocycles. The summed E-state index contributed by atoms with van der Waals surface area (Å²) in [7, 11) is 1.90. The van der Waals surface area contributed by atoms with E-state index in [0.717, 1.165) is 12.3 Å². The molecule has 3 heteroatoms. The summed E-state index contributed by atoms with van der Waals surface area (Å²) in [5.74, 6) is 0.769. The number of halogens is 1. The van der Waals surface area contributed by atoms with Crippen molar-refractivity contribution in [2.45, 2.75) is 31.2 Å². The van der Waals surface area contributed by atoms with Crippen LogP contribution in [0.25, 0.3) is 0 Å². The standard InChI is InChI=1S/C9H18BrNO/c1-7(6-11-5)12-8(2)9(3,4)10/h7,11H,2,6H2,1,3-5H3. The Kier molecular flexibility index (Phi) is 4.87. The summed E-state index contributed by atoms with van der Waals surface area (Å²) in [6, 6.07) is 0. The van der Waals surface area contributed by atoms with E-state index in [1.807, 2.05) is 27.8 Å². The molecular formula is C9H18BrNO. The summed E-state index contributed by atoms with van der Waals surface area (Å²) in [6.45, 7) is 10.7. The summed E-state index contributed by atoms with van der Waals surface area (Å²) in [4.78, 5) is 0. The van der Waals surface area contributed by atoms with E-state index in [0.29, 0.717) is 0 Å². The zero-order chi connectivity index (χ0) is 9.78. The highest BCUT2D eigenvalue weighted by Crippen LogP contribution is 2.26. The highest BCUT2D eigenvalue weighted by Gasteiger charge is 2.20. The predicted octanol–water partition coefficient (Wildman–Crippen LogP) is 2.30. The number of hydrogen-bond donors (Lipinski definition) is 1. The van der Waals surface area contributed by atoms with Crippen LogP contribution in [-0.4, -0.2) is 24.0 Å². The van der Waals surface area contributed by atoms with Gasteiger partial charge in [0.25, 0.3) is 0 Å². The number of alkyl halides is 1. The number of rotatable bonds is 5. The fourth-order valence-electron chi connectivity index (χ4n) is 0.712. The molecular weight excluding hydrogens is 218 g/mol. The molecule has 0 aromatic heterocycles. The van der Waals surface area contributed by atoms with Crippen LogP contribution in [0.1, 0.15) is 20.8 Å². The van der Waals surface area contributed by atoms with Crippen LogP contribution < -0.4 is 5.32 Å². The third kappa shape index (κ3) is 4.78. The highest BCUT2D eigenvalue weighted by atomic mass is 79.9. The second-order valence-corrected chi connectivity index (χ2v) is 5.36. The molecule has 0 rings (SSSR count). The van der Waals surface area contributed by atoms with Crippen LogP contribution >= 0.6 is 15.9 Å². The van der Waals surface area contributed by atoms with Gasteiger partial charge < -0.3 is 10.1 Å². The van der Waals surface area contributed by atoms with Gasteiger partial charge in [-0.3, -0.25) is 0 Å². The number of ether oxygens (including phenoxy) is 1. The smallest absolute Gasteiger partial charge is 0.108 e. The Morgan fingerprint density at radius 3 is 2.50 bits per heavy atom. The lowest BCUT2D eigenvalue weighted by Crippen LogP contribution is -2.27. The number of nitrogens with one attached hydrogen (secondary N) is 1. The van der Waals surface area contributed by atoms with Gasteiger partial charge in [0, 0.05) is 6.54 Å². The Balaban J connectivity index is 3.85. The SMILES string of the molecule is C=C(OC(C)CNC)C(C)(C)Br. The predicted molar refractivity (Wildman–Crippen MR) is 56.6 cm³/mol. The van der Waals surface area contributed by atoms with Crippen molar-refractivity contribution in [3.8, 4) is 0 Å². The molecule has 2 nitrogen and oxygen atoms in total. The maximum atomic E-state index is 5.55. The fraction of sp³-hybridized carbons (Fsp3) is 0.778. The van der Waals surface area contributed by atoms with Gasteiger partial charge in [-0.05, 0) is 27.8 Å². The van der Waals surface area contributed by atoms with Crippen molar-refractivity contribution in [2.24, 2.45) is 0 Å². The minimum absolute atomic E-state index is 0.144. The van der Waals surface area contributed by atoms with E-state index in [1.165, 1.54) is 0 Å². The van der Waals surface area contributed by atoms with Crippen LogP contribution in [0.2, 0.25) is 0 Å². The van der Waals surface area contributed by atoms with Crippen LogP contribution in [0.4, 0.5) is 0 Å². The number of allylic oxidation sites excluding steroid dienone is 1. The molecule has 12 heavy (non-hydrogen) atoms. The van der Waals surface area contributed by atoms with Crippen molar-refractivity contribution in [3.05, 3.63) is 12.3 Å². The zero-order valence-corrected chi connectivity index (χ0v) is 9.86. The number of hydrogen-bond acceptors (Lipinski definition) is 2. The molecule has 0 heterocycles. The van der Waals surface area contributed by atoms with E-state index >= 15 is 0 Å². The van der Waals surface area contributed by atoms with Crippen molar-refractivity contribution in [1.82, 2.24) is 5.32 Å². The third-order valence-corrected chi connectivity index (χ3v) is 1.94. The van der Waals surface area contributed by atoms with Crippen molar-refractivity contribution in [3.63, 3.8) is 0 Å². The van der Waals surface area contributed by atoms with Crippen LogP contribution in [0.3, 0.4) is 0 Å². The molecule has 0 saturated heterocycles. The van der Waals surface area contributed by atoms with Gasteiger partial charge in [-0.25, -0.2) is 0 Å². The van der Waals surface area contributed by atoms with Crippen molar-refractivity contribution >= 4 is 15.9 Å². The van der Waals surface area contributed by atoms with Gasteiger partial charge in [0.1, 0.15) is 11.9 Å². The molecule has 0 aliphatic rings. The summed E-state index contributed by atoms with van der Waals surface area (Å²) in [5, 5.41) is 3.04. The van der Waals surface area contributed by atoms with Crippen LogP contribution in [0, 0.1) is 0 Å². The summed E-state index contributed by atoms with van der Waals surface area (Å²) in [6.07, 6.45) is 0.166. The van der Waals surface area contributed by atoms with Gasteiger partial charge in [0.15, 0.2) is 0 Å². The molecule has 0 spiro atoms. The van der Waals surface area contributed by atoms with Crippen LogP contribution in [0.15, 0.2) is 12.3 Å². The van der Waals surface area contributed by atoms with Crippen LogP contribution in [0.5, 0.6) is 0 Å². The molecule has 0 fully saturated rings. The molecule has 0 amide bonds. The Hall–Kier alpha value is -0.0200. The molecule has 1 atom stereocenters. The molecule has 0 aliphatic carbocycles. The van der Waals surface area contributed by atoms with Gasteiger partial charge >= 0.3 is 0 Å². The molecule has 0 saturated carbocycles. The fourth-order valence-corrected chi connectivity index (χ4v) is 0.806. The minimum atomic E-state index is -0.144. The Morgan fingerprint density at radius 2 is 2.17 bits per heavy atom. The first-order chi connectivity index (χ1) is 5.38. The van der Waals surface area contributed by atoms with E-state index in [4.69, 9.17) is 4.74 Å². The topological polar surface area (TPSA) is 21.3 Å². The summed E-state index contributed by atoms with van der Waals surface area (Å²) < 4.78 is 5.41. The summed E-state index contributed by atoms with van der Waals surface area (Å²) >= 11 is 3.48. The quantitative estimate of drug-likeness (QED) is 0.584. The lowest BCUT2D eigenvalue weighted by molar-refractivity contribution is 0.120. The van der Waals surface area contributed by atoms with Crippen molar-refractivity contribution in [2.75, 3.05) is 13.6 Å². The highest BCUT2D eigenvalue weighted by molar-refractivity contribution is 9.10. The largest absolute Gasteiger partial charge is 0.493 e. The van der Waals surface area contributed by atoms with E-state index in [9.17, 15) is 0 Å². The summed E-state index contributed by atoms with van der Waals surface area (Å²) in [5.41, 5.74) is 0. The maximum absolute atomic E-state index is 5.55. The minimum Gasteiger partial charge on any atom is -0.493 e. The first kappa shape index (κ1) is 12.0. The number of likely N-dealkylation sites (N-methyl/N-ethyl adjacent to an activating group) is 1. The van der Waals surface area contributed by atoms with Crippen molar-refractivity contribution < 1.29 is 4.74 Å². The molecule has 0 bridgehead atoms. The van der Waals surface area contributed by atoms with Gasteiger partial charge in [0.05, 0.1) is 4.32 Å². The molecule has 0 radical (unpaired) electrons. The molecule has 72 valence electrons. The van der Waals surface area contributed by atoms with Crippen LogP contribution in [-0.2, 0) is 4.74 Å². The average Bonchev–Trinajstić information content (AvgIpc) is 1.85. The molecule has 1 unspecified atom stereocenters. The van der Waals surface area contributed by atoms with Gasteiger partial charge in [-0.1, -0.05) is 22.5 Å². The van der Waals surface area contributed by atoms with Crippen molar-refractivity contribution in [1.29, 1.82) is 0 Å². The Bertz CT molecular complexity index is 151. The van der Waals surface area contributed by atoms with Gasteiger partial charge in [-0.2, -0.15) is 0 Å². The zero-order valence-electron chi connectivity index (χ0n) is 8.28. The Morgan fingerprint density at radius 1 is 1.67 bits per heavy atom. The molecule has 0 aliphatic heterocycles. The monoisotopic (exact) mass is 235 g/mol. The average molecular weight is 236 g/mol. The van der Waals surface area contributed by atoms with E-state index in [2.05, 4.69) is 27.8 Å². The van der Waals surface area contributed by atoms with E-state index < -0.39 is 0 Å². The normalized spacial score (nSPS) is 14.1. The van der Waals surface area contributed by atoms with Gasteiger partial charge in [0.2, 0.25) is 0 Å².